The highest BCUT2D eigenvalue weighted by atomic mass is 32.1. The molecule has 0 saturated carbocycles. The van der Waals surface area contributed by atoms with E-state index in [2.05, 4.69) is 10.6 Å². The fraction of sp³-hybridized carbons (Fsp3) is 0.667. The molecular weight excluding hydrogens is 200 g/mol. The van der Waals surface area contributed by atoms with Gasteiger partial charge in [-0.25, -0.2) is 0 Å². The molecule has 2 amide bonds. The number of nitrogens with one attached hydrogen (secondary N) is 2. The van der Waals surface area contributed by atoms with E-state index in [-0.39, 0.29) is 22.8 Å². The SMILES string of the molecule is CCC(C)C1(C)C(=O)NC(=S)NC1=O. The van der Waals surface area contributed by atoms with Crippen molar-refractivity contribution < 1.29 is 9.59 Å². The molecule has 5 heteroatoms. The van der Waals surface area contributed by atoms with Crippen molar-refractivity contribution in [3.63, 3.8) is 0 Å². The topological polar surface area (TPSA) is 58.2 Å². The summed E-state index contributed by atoms with van der Waals surface area (Å²) in [6.45, 7) is 5.48. The maximum atomic E-state index is 11.7. The number of rotatable bonds is 2. The Morgan fingerprint density at radius 2 is 1.79 bits per heavy atom. The molecule has 78 valence electrons. The van der Waals surface area contributed by atoms with Crippen LogP contribution in [0.25, 0.3) is 0 Å². The molecule has 1 atom stereocenters. The van der Waals surface area contributed by atoms with E-state index in [9.17, 15) is 9.59 Å². The van der Waals surface area contributed by atoms with Gasteiger partial charge in [0.2, 0.25) is 11.8 Å². The van der Waals surface area contributed by atoms with Gasteiger partial charge in [-0.15, -0.1) is 0 Å². The molecule has 1 unspecified atom stereocenters. The predicted octanol–water partition coefficient (Wildman–Crippen LogP) is 0.570. The first-order chi connectivity index (χ1) is 6.42. The van der Waals surface area contributed by atoms with Gasteiger partial charge in [0, 0.05) is 0 Å². The molecule has 0 aromatic heterocycles. The lowest BCUT2D eigenvalue weighted by Crippen LogP contribution is -2.63. The summed E-state index contributed by atoms with van der Waals surface area (Å²) in [5.74, 6) is -0.619. The average Bonchev–Trinajstić information content (AvgIpc) is 2.12. The van der Waals surface area contributed by atoms with Crippen LogP contribution in [0.5, 0.6) is 0 Å². The Bertz CT molecular complexity index is 281. The zero-order valence-electron chi connectivity index (χ0n) is 8.51. The molecule has 0 aromatic rings. The first kappa shape index (κ1) is 11.1. The van der Waals surface area contributed by atoms with Crippen molar-refractivity contribution in [1.29, 1.82) is 0 Å². The zero-order chi connectivity index (χ0) is 10.9. The van der Waals surface area contributed by atoms with Crippen molar-refractivity contribution >= 4 is 29.1 Å². The van der Waals surface area contributed by atoms with Crippen molar-refractivity contribution in [3.05, 3.63) is 0 Å². The second kappa shape index (κ2) is 3.65. The molecule has 2 N–H and O–H groups in total. The van der Waals surface area contributed by atoms with Crippen molar-refractivity contribution in [3.8, 4) is 0 Å². The first-order valence-corrected chi connectivity index (χ1v) is 5.00. The van der Waals surface area contributed by atoms with Crippen LogP contribution in [-0.2, 0) is 9.59 Å². The number of thiocarbonyl (C=S) groups is 1. The third-order valence-electron chi connectivity index (χ3n) is 3.00. The summed E-state index contributed by atoms with van der Waals surface area (Å²) in [7, 11) is 0. The Morgan fingerprint density at radius 1 is 1.36 bits per heavy atom. The molecule has 1 fully saturated rings. The standard InChI is InChI=1S/C9H14N2O2S/c1-4-5(2)9(3)6(12)10-8(14)11-7(9)13/h5H,4H2,1-3H3,(H2,10,11,12,13,14). The number of amides is 2. The van der Waals surface area contributed by atoms with Gasteiger partial charge in [0.15, 0.2) is 5.11 Å². The van der Waals surface area contributed by atoms with Crippen LogP contribution in [0.2, 0.25) is 0 Å². The Hall–Kier alpha value is -0.970. The smallest absolute Gasteiger partial charge is 0.241 e. The van der Waals surface area contributed by atoms with Gasteiger partial charge in [-0.2, -0.15) is 0 Å². The van der Waals surface area contributed by atoms with Crippen molar-refractivity contribution in [2.75, 3.05) is 0 Å². The molecule has 1 aliphatic heterocycles. The lowest BCUT2D eigenvalue weighted by Gasteiger charge is -2.35. The van der Waals surface area contributed by atoms with E-state index in [0.29, 0.717) is 0 Å². The van der Waals surface area contributed by atoms with E-state index in [1.54, 1.807) is 6.92 Å². The quantitative estimate of drug-likeness (QED) is 0.522. The molecule has 0 aliphatic carbocycles. The molecule has 4 nitrogen and oxygen atoms in total. The molecule has 14 heavy (non-hydrogen) atoms. The Labute approximate surface area is 88.4 Å². The lowest BCUT2D eigenvalue weighted by molar-refractivity contribution is -0.145. The number of carbonyl (C=O) groups is 2. The summed E-state index contributed by atoms with van der Waals surface area (Å²) in [5, 5.41) is 5.05. The molecule has 0 spiro atoms. The third-order valence-corrected chi connectivity index (χ3v) is 3.20. The summed E-state index contributed by atoms with van der Waals surface area (Å²) >= 11 is 4.72. The first-order valence-electron chi connectivity index (χ1n) is 4.59. The van der Waals surface area contributed by atoms with Crippen LogP contribution in [0.1, 0.15) is 27.2 Å². The highest BCUT2D eigenvalue weighted by molar-refractivity contribution is 7.80. The van der Waals surface area contributed by atoms with E-state index in [4.69, 9.17) is 12.2 Å². The lowest BCUT2D eigenvalue weighted by atomic mass is 9.74. The predicted molar refractivity (Wildman–Crippen MR) is 56.4 cm³/mol. The van der Waals surface area contributed by atoms with Crippen molar-refractivity contribution in [2.45, 2.75) is 27.2 Å². The fourth-order valence-corrected chi connectivity index (χ4v) is 1.64. The highest BCUT2D eigenvalue weighted by Crippen LogP contribution is 2.31. The van der Waals surface area contributed by atoms with E-state index in [1.807, 2.05) is 13.8 Å². The molecule has 1 rings (SSSR count). The maximum absolute atomic E-state index is 11.7. The molecule has 1 heterocycles. The third kappa shape index (κ3) is 1.52. The van der Waals surface area contributed by atoms with Gasteiger partial charge in [0.05, 0.1) is 0 Å². The van der Waals surface area contributed by atoms with E-state index < -0.39 is 5.41 Å². The van der Waals surface area contributed by atoms with Crippen LogP contribution in [0.15, 0.2) is 0 Å². The van der Waals surface area contributed by atoms with Crippen LogP contribution in [0, 0.1) is 11.3 Å². The van der Waals surface area contributed by atoms with Gasteiger partial charge >= 0.3 is 0 Å². The van der Waals surface area contributed by atoms with Crippen LogP contribution in [0.3, 0.4) is 0 Å². The van der Waals surface area contributed by atoms with Gasteiger partial charge in [0.1, 0.15) is 5.41 Å². The van der Waals surface area contributed by atoms with E-state index in [0.717, 1.165) is 6.42 Å². The molecule has 0 bridgehead atoms. The minimum absolute atomic E-state index is 0.00870. The van der Waals surface area contributed by atoms with Gasteiger partial charge in [0.25, 0.3) is 0 Å². The summed E-state index contributed by atoms with van der Waals surface area (Å²) in [6.07, 6.45) is 0.768. The summed E-state index contributed by atoms with van der Waals surface area (Å²) in [5.41, 5.74) is -1.00. The molecule has 1 saturated heterocycles. The monoisotopic (exact) mass is 214 g/mol. The van der Waals surface area contributed by atoms with Crippen molar-refractivity contribution in [2.24, 2.45) is 11.3 Å². The van der Waals surface area contributed by atoms with E-state index >= 15 is 0 Å². The van der Waals surface area contributed by atoms with Gasteiger partial charge in [-0.3, -0.25) is 9.59 Å². The Balaban J connectivity index is 3.01. The Morgan fingerprint density at radius 3 is 2.14 bits per heavy atom. The summed E-state index contributed by atoms with van der Waals surface area (Å²) in [6, 6.07) is 0. The maximum Gasteiger partial charge on any atom is 0.241 e. The van der Waals surface area contributed by atoms with Crippen LogP contribution in [0.4, 0.5) is 0 Å². The molecule has 1 aliphatic rings. The summed E-state index contributed by atoms with van der Waals surface area (Å²) in [4.78, 5) is 23.4. The number of hydrogen-bond acceptors (Lipinski definition) is 3. The molecular formula is C9H14N2O2S. The minimum Gasteiger partial charge on any atom is -0.302 e. The number of carbonyl (C=O) groups excluding carboxylic acids is 2. The van der Waals surface area contributed by atoms with Crippen LogP contribution in [-0.4, -0.2) is 16.9 Å². The van der Waals surface area contributed by atoms with Crippen LogP contribution >= 0.6 is 12.2 Å². The normalized spacial score (nSPS) is 22.6. The van der Waals surface area contributed by atoms with Gasteiger partial charge in [-0.1, -0.05) is 20.3 Å². The molecule has 0 radical (unpaired) electrons. The Kier molecular flexibility index (Phi) is 2.89. The zero-order valence-corrected chi connectivity index (χ0v) is 9.33. The minimum atomic E-state index is -1.00. The largest absolute Gasteiger partial charge is 0.302 e. The fourth-order valence-electron chi connectivity index (χ4n) is 1.46. The average molecular weight is 214 g/mol. The molecule has 0 aromatic carbocycles. The second-order valence-electron chi connectivity index (χ2n) is 3.75. The second-order valence-corrected chi connectivity index (χ2v) is 4.16. The van der Waals surface area contributed by atoms with E-state index in [1.165, 1.54) is 0 Å². The van der Waals surface area contributed by atoms with Crippen molar-refractivity contribution in [1.82, 2.24) is 10.6 Å². The summed E-state index contributed by atoms with van der Waals surface area (Å²) < 4.78 is 0. The van der Waals surface area contributed by atoms with Gasteiger partial charge < -0.3 is 10.6 Å². The van der Waals surface area contributed by atoms with Gasteiger partial charge in [-0.05, 0) is 25.1 Å². The highest BCUT2D eigenvalue weighted by Gasteiger charge is 2.48. The van der Waals surface area contributed by atoms with Crippen LogP contribution < -0.4 is 10.6 Å². The number of hydrogen-bond donors (Lipinski definition) is 2.